The Morgan fingerprint density at radius 3 is 2.74 bits per heavy atom. The summed E-state index contributed by atoms with van der Waals surface area (Å²) < 4.78 is 66.2. The minimum Gasteiger partial charge on any atom is -0.475 e. The number of nitrogens with one attached hydrogen (secondary N) is 2. The minimum absolute atomic E-state index is 0.00372. The van der Waals surface area contributed by atoms with Gasteiger partial charge in [-0.05, 0) is 30.3 Å². The molecule has 5 rings (SSSR count). The molecule has 3 aromatic heterocycles. The fourth-order valence-electron chi connectivity index (χ4n) is 3.88. The number of carbonyl (C=O) groups excluding carboxylic acids is 1. The third kappa shape index (κ3) is 6.42. The molecule has 2 N–H and O–H groups in total. The molecule has 0 fully saturated rings. The molecule has 0 spiro atoms. The largest absolute Gasteiger partial charge is 0.475 e. The van der Waals surface area contributed by atoms with Crippen molar-refractivity contribution in [2.45, 2.75) is 18.8 Å². The lowest BCUT2D eigenvalue weighted by Crippen LogP contribution is -2.44. The zero-order valence-corrected chi connectivity index (χ0v) is 22.4. The Bertz CT molecular complexity index is 1620. The number of halogens is 5. The molecular weight excluding hydrogens is 584 g/mol. The number of pyridine rings is 1. The number of carbonyl (C=O) groups is 1. The Morgan fingerprint density at radius 2 is 2.05 bits per heavy atom. The van der Waals surface area contributed by atoms with Crippen LogP contribution in [0.15, 0.2) is 67.7 Å². The van der Waals surface area contributed by atoms with Gasteiger partial charge in [0.05, 0.1) is 25.0 Å². The van der Waals surface area contributed by atoms with Crippen molar-refractivity contribution in [3.63, 3.8) is 0 Å². The third-order valence-corrected chi connectivity index (χ3v) is 6.24. The highest BCUT2D eigenvalue weighted by Gasteiger charge is 2.41. The smallest absolute Gasteiger partial charge is 0.409 e. The number of methoxy groups -OCH3 is 1. The summed E-state index contributed by atoms with van der Waals surface area (Å²) in [6, 6.07) is 3.28. The maximum absolute atomic E-state index is 13.6. The monoisotopic (exact) mass is 604 g/mol. The van der Waals surface area contributed by atoms with E-state index >= 15 is 0 Å². The molecule has 16 heteroatoms. The van der Waals surface area contributed by atoms with Crippen molar-refractivity contribution >= 4 is 35.0 Å². The van der Waals surface area contributed by atoms with Crippen molar-refractivity contribution in [1.29, 1.82) is 0 Å². The van der Waals surface area contributed by atoms with E-state index in [1.807, 2.05) is 0 Å². The van der Waals surface area contributed by atoms with Crippen LogP contribution in [0.5, 0.6) is 5.88 Å². The van der Waals surface area contributed by atoms with Crippen molar-refractivity contribution < 1.29 is 31.8 Å². The van der Waals surface area contributed by atoms with E-state index in [9.17, 15) is 22.4 Å². The second-order valence-electron chi connectivity index (χ2n) is 8.76. The molecule has 1 aliphatic heterocycles. The van der Waals surface area contributed by atoms with E-state index in [2.05, 4.69) is 30.7 Å². The number of ether oxygens (including phenoxy) is 2. The van der Waals surface area contributed by atoms with Crippen molar-refractivity contribution in [3.05, 3.63) is 84.1 Å². The first-order valence-electron chi connectivity index (χ1n) is 12.2. The van der Waals surface area contributed by atoms with E-state index in [1.165, 1.54) is 43.9 Å². The molecule has 1 aliphatic rings. The number of hydrazine groups is 1. The fourth-order valence-corrected chi connectivity index (χ4v) is 4.06. The average Bonchev–Trinajstić information content (AvgIpc) is 3.68. The Morgan fingerprint density at radius 1 is 1.21 bits per heavy atom. The summed E-state index contributed by atoms with van der Waals surface area (Å²) in [7, 11) is 1.19. The summed E-state index contributed by atoms with van der Waals surface area (Å²) in [5.41, 5.74) is 3.16. The van der Waals surface area contributed by atoms with Crippen LogP contribution in [0.4, 0.5) is 35.0 Å². The maximum Gasteiger partial charge on any atom is 0.409 e. The van der Waals surface area contributed by atoms with E-state index in [0.29, 0.717) is 12.2 Å². The molecule has 0 aliphatic carbocycles. The van der Waals surface area contributed by atoms with Crippen LogP contribution in [0.2, 0.25) is 5.02 Å². The molecule has 1 atom stereocenters. The van der Waals surface area contributed by atoms with Crippen molar-refractivity contribution in [3.8, 4) is 17.0 Å². The molecule has 1 unspecified atom stereocenters. The average molecular weight is 605 g/mol. The van der Waals surface area contributed by atoms with Gasteiger partial charge in [-0.15, -0.1) is 0 Å². The SMILES string of the molecule is COC(=O)c1cc(-c2cnc(Nc3ccc(F)c(Cl)c3)nc2N2C=CC(C(F)(F)F)N2)cnc1OCCn1ccnc1. The Labute approximate surface area is 240 Å². The molecule has 42 heavy (non-hydrogen) atoms. The van der Waals surface area contributed by atoms with Crippen LogP contribution in [-0.2, 0) is 11.3 Å². The lowest BCUT2D eigenvalue weighted by Gasteiger charge is -2.23. The number of alkyl halides is 3. The van der Waals surface area contributed by atoms with Gasteiger partial charge in [0.15, 0.2) is 5.82 Å². The lowest BCUT2D eigenvalue weighted by atomic mass is 10.1. The Balaban J connectivity index is 1.49. The molecule has 0 radical (unpaired) electrons. The van der Waals surface area contributed by atoms with Gasteiger partial charge in [-0.3, -0.25) is 5.01 Å². The van der Waals surface area contributed by atoms with Crippen LogP contribution in [0.1, 0.15) is 10.4 Å². The van der Waals surface area contributed by atoms with Crippen molar-refractivity contribution in [1.82, 2.24) is 29.9 Å². The first-order valence-corrected chi connectivity index (χ1v) is 12.6. The zero-order valence-electron chi connectivity index (χ0n) is 21.6. The molecule has 1 aromatic carbocycles. The van der Waals surface area contributed by atoms with E-state index in [4.69, 9.17) is 21.1 Å². The number of rotatable bonds is 9. The number of esters is 1. The number of benzene rings is 1. The van der Waals surface area contributed by atoms with E-state index in [1.54, 1.807) is 23.3 Å². The highest BCUT2D eigenvalue weighted by atomic mass is 35.5. The second-order valence-corrected chi connectivity index (χ2v) is 9.17. The number of hydrogen-bond donors (Lipinski definition) is 2. The summed E-state index contributed by atoms with van der Waals surface area (Å²) in [5, 5.41) is 3.77. The summed E-state index contributed by atoms with van der Waals surface area (Å²) in [6.45, 7) is 0.596. The van der Waals surface area contributed by atoms with Crippen molar-refractivity contribution in [2.75, 3.05) is 24.0 Å². The van der Waals surface area contributed by atoms with Gasteiger partial charge < -0.3 is 19.4 Å². The summed E-state index contributed by atoms with van der Waals surface area (Å²) in [4.78, 5) is 29.5. The molecular formula is C26H21ClF4N8O3. The van der Waals surface area contributed by atoms with Crippen molar-refractivity contribution in [2.24, 2.45) is 0 Å². The highest BCUT2D eigenvalue weighted by Crippen LogP contribution is 2.35. The summed E-state index contributed by atoms with van der Waals surface area (Å²) in [6.07, 6.45) is 5.20. The zero-order chi connectivity index (χ0) is 29.9. The van der Waals surface area contributed by atoms with Crippen LogP contribution >= 0.6 is 11.6 Å². The number of aromatic nitrogens is 5. The molecule has 0 bridgehead atoms. The van der Waals surface area contributed by atoms with Gasteiger partial charge in [-0.1, -0.05) is 11.6 Å². The number of nitrogens with zero attached hydrogens (tertiary/aromatic N) is 6. The van der Waals surface area contributed by atoms with E-state index in [0.717, 1.165) is 17.2 Å². The minimum atomic E-state index is -4.57. The van der Waals surface area contributed by atoms with Gasteiger partial charge in [0, 0.05) is 47.8 Å². The van der Waals surface area contributed by atoms with Crippen LogP contribution < -0.4 is 20.5 Å². The van der Waals surface area contributed by atoms with Crippen LogP contribution in [0.25, 0.3) is 11.1 Å². The van der Waals surface area contributed by atoms with Gasteiger partial charge in [0.25, 0.3) is 0 Å². The van der Waals surface area contributed by atoms with Crippen LogP contribution in [-0.4, -0.2) is 56.4 Å². The third-order valence-electron chi connectivity index (χ3n) is 5.95. The predicted octanol–water partition coefficient (Wildman–Crippen LogP) is 4.91. The van der Waals surface area contributed by atoms with Gasteiger partial charge >= 0.3 is 12.1 Å². The van der Waals surface area contributed by atoms with Gasteiger partial charge in [0.2, 0.25) is 11.8 Å². The van der Waals surface area contributed by atoms with Gasteiger partial charge in [-0.2, -0.15) is 18.2 Å². The van der Waals surface area contributed by atoms with Crippen LogP contribution in [0.3, 0.4) is 0 Å². The first kappa shape index (κ1) is 28.8. The number of anilines is 3. The molecule has 4 aromatic rings. The second kappa shape index (κ2) is 12.0. The Hall–Kier alpha value is -4.76. The highest BCUT2D eigenvalue weighted by molar-refractivity contribution is 6.31. The van der Waals surface area contributed by atoms with Gasteiger partial charge in [0.1, 0.15) is 24.0 Å². The molecule has 0 amide bonds. The maximum atomic E-state index is 13.6. The molecule has 0 saturated heterocycles. The Kier molecular flexibility index (Phi) is 8.22. The summed E-state index contributed by atoms with van der Waals surface area (Å²) in [5.74, 6) is -1.41. The molecule has 0 saturated carbocycles. The van der Waals surface area contributed by atoms with Crippen LogP contribution in [0, 0.1) is 5.82 Å². The molecule has 4 heterocycles. The molecule has 11 nitrogen and oxygen atoms in total. The first-order chi connectivity index (χ1) is 20.1. The summed E-state index contributed by atoms with van der Waals surface area (Å²) >= 11 is 5.85. The predicted molar refractivity (Wildman–Crippen MR) is 144 cm³/mol. The lowest BCUT2D eigenvalue weighted by molar-refractivity contribution is -0.142. The standard InChI is InChI=1S/C26H21ClF4N8O3/c1-41-24(40)17-10-15(12-33-23(17)42-9-8-38-7-5-32-14-38)18-13-34-25(35-16-2-3-20(28)19(27)11-16)36-22(18)39-6-4-21(37-39)26(29,30)31/h2-7,10-14,21,37H,8-9H2,1H3,(H,34,35,36). The molecule has 218 valence electrons. The van der Waals surface area contributed by atoms with E-state index < -0.39 is 24.0 Å². The van der Waals surface area contributed by atoms with Gasteiger partial charge in [-0.25, -0.2) is 29.6 Å². The number of imidazole rings is 1. The van der Waals surface area contributed by atoms with E-state index in [-0.39, 0.29) is 46.0 Å². The topological polar surface area (TPSA) is 119 Å². The normalized spacial score (nSPS) is 14.7. The quantitative estimate of drug-likeness (QED) is 0.202. The fraction of sp³-hybridized carbons (Fsp3) is 0.192. The number of hydrogen-bond acceptors (Lipinski definition) is 10.